The first-order chi connectivity index (χ1) is 7.89. The van der Waals surface area contributed by atoms with Crippen molar-refractivity contribution >= 4 is 44.7 Å². The van der Waals surface area contributed by atoms with Gasteiger partial charge in [-0.3, -0.25) is 4.79 Å². The summed E-state index contributed by atoms with van der Waals surface area (Å²) in [7, 11) is 0. The van der Waals surface area contributed by atoms with Crippen molar-refractivity contribution in [2.75, 3.05) is 5.32 Å². The second-order valence-electron chi connectivity index (χ2n) is 4.30. The highest BCUT2D eigenvalue weighted by Gasteiger charge is 2.23. The molecule has 4 nitrogen and oxygen atoms in total. The summed E-state index contributed by atoms with van der Waals surface area (Å²) in [4.78, 5) is 16.0. The smallest absolute Gasteiger partial charge is 0.243 e. The van der Waals surface area contributed by atoms with Crippen molar-refractivity contribution in [1.82, 2.24) is 4.98 Å². The highest BCUT2D eigenvalue weighted by Crippen LogP contribution is 2.32. The molecule has 0 spiro atoms. The number of nitrogens with one attached hydrogen (secondary N) is 1. The maximum Gasteiger partial charge on any atom is 0.243 e. The normalized spacial score (nSPS) is 11.8. The summed E-state index contributed by atoms with van der Waals surface area (Å²) >= 11 is 7.56. The minimum atomic E-state index is -0.957. The van der Waals surface area contributed by atoms with Gasteiger partial charge in [0.25, 0.3) is 0 Å². The molecule has 0 aliphatic heterocycles. The van der Waals surface area contributed by atoms with Crippen LogP contribution in [0.4, 0.5) is 5.69 Å². The van der Waals surface area contributed by atoms with Crippen LogP contribution in [-0.2, 0) is 4.79 Å². The van der Waals surface area contributed by atoms with Crippen LogP contribution >= 0.6 is 22.9 Å². The van der Waals surface area contributed by atoms with Gasteiger partial charge in [-0.25, -0.2) is 4.98 Å². The number of benzene rings is 1. The van der Waals surface area contributed by atoms with Crippen LogP contribution in [0.2, 0.25) is 5.02 Å². The van der Waals surface area contributed by atoms with Crippen LogP contribution in [0.15, 0.2) is 17.6 Å². The molecule has 2 rings (SSSR count). The molecule has 1 amide bonds. The molecule has 0 aliphatic carbocycles. The van der Waals surface area contributed by atoms with Crippen LogP contribution in [0, 0.1) is 0 Å². The summed E-state index contributed by atoms with van der Waals surface area (Å²) in [5.41, 5.74) is 7.70. The van der Waals surface area contributed by atoms with E-state index < -0.39 is 5.54 Å². The molecular weight excluding hydrogens is 258 g/mol. The van der Waals surface area contributed by atoms with Gasteiger partial charge in [0.1, 0.15) is 5.52 Å². The SMILES string of the molecule is CC(C)(N)C(=O)Nc1c(Cl)ccc2scnc12. The van der Waals surface area contributed by atoms with Crippen molar-refractivity contribution in [3.63, 3.8) is 0 Å². The lowest BCUT2D eigenvalue weighted by atomic mass is 10.1. The van der Waals surface area contributed by atoms with E-state index in [9.17, 15) is 4.79 Å². The van der Waals surface area contributed by atoms with E-state index in [0.29, 0.717) is 16.2 Å². The molecule has 1 aromatic heterocycles. The highest BCUT2D eigenvalue weighted by molar-refractivity contribution is 7.16. The van der Waals surface area contributed by atoms with E-state index in [-0.39, 0.29) is 5.91 Å². The third-order valence-electron chi connectivity index (χ3n) is 2.28. The van der Waals surface area contributed by atoms with Crippen molar-refractivity contribution in [2.45, 2.75) is 19.4 Å². The van der Waals surface area contributed by atoms with E-state index in [1.807, 2.05) is 6.07 Å². The zero-order valence-corrected chi connectivity index (χ0v) is 11.0. The fourth-order valence-corrected chi connectivity index (χ4v) is 2.18. The van der Waals surface area contributed by atoms with Crippen LogP contribution in [0.3, 0.4) is 0 Å². The average Bonchev–Trinajstić information content (AvgIpc) is 2.68. The topological polar surface area (TPSA) is 68.0 Å². The van der Waals surface area contributed by atoms with Crippen molar-refractivity contribution in [3.05, 3.63) is 22.7 Å². The summed E-state index contributed by atoms with van der Waals surface area (Å²) in [5.74, 6) is -0.292. The van der Waals surface area contributed by atoms with Gasteiger partial charge in [0.05, 0.1) is 26.5 Å². The molecule has 3 N–H and O–H groups in total. The second kappa shape index (κ2) is 4.25. The molecule has 17 heavy (non-hydrogen) atoms. The van der Waals surface area contributed by atoms with Crippen molar-refractivity contribution in [3.8, 4) is 0 Å². The molecular formula is C11H12ClN3OS. The van der Waals surface area contributed by atoms with E-state index in [1.54, 1.807) is 25.4 Å². The predicted molar refractivity (Wildman–Crippen MR) is 71.5 cm³/mol. The molecule has 0 saturated carbocycles. The summed E-state index contributed by atoms with van der Waals surface area (Å²) in [6, 6.07) is 3.61. The Kier molecular flexibility index (Phi) is 3.07. The van der Waals surface area contributed by atoms with Gasteiger partial charge in [0.2, 0.25) is 5.91 Å². The Labute approximate surface area is 108 Å². The van der Waals surface area contributed by atoms with Crippen molar-refractivity contribution in [1.29, 1.82) is 0 Å². The Bertz CT molecular complexity index is 574. The number of nitrogens with two attached hydrogens (primary N) is 1. The number of rotatable bonds is 2. The fraction of sp³-hybridized carbons (Fsp3) is 0.273. The Balaban J connectivity index is 2.45. The molecule has 0 fully saturated rings. The molecule has 1 heterocycles. The van der Waals surface area contributed by atoms with Crippen LogP contribution < -0.4 is 11.1 Å². The first-order valence-electron chi connectivity index (χ1n) is 5.01. The summed E-state index contributed by atoms with van der Waals surface area (Å²) in [6.45, 7) is 3.27. The third kappa shape index (κ3) is 2.41. The molecule has 0 unspecified atom stereocenters. The number of anilines is 1. The molecule has 0 atom stereocenters. The molecule has 2 aromatic rings. The standard InChI is InChI=1S/C11H12ClN3OS/c1-11(2,13)10(16)15-8-6(12)3-4-7-9(8)14-5-17-7/h3-5H,13H2,1-2H3,(H,15,16). The second-order valence-corrected chi connectivity index (χ2v) is 5.59. The number of nitrogens with zero attached hydrogens (tertiary/aromatic N) is 1. The lowest BCUT2D eigenvalue weighted by molar-refractivity contribution is -0.120. The molecule has 0 bridgehead atoms. The number of hydrogen-bond donors (Lipinski definition) is 2. The summed E-state index contributed by atoms with van der Waals surface area (Å²) < 4.78 is 0.972. The minimum Gasteiger partial charge on any atom is -0.321 e. The molecule has 0 saturated heterocycles. The molecule has 0 radical (unpaired) electrons. The van der Waals surface area contributed by atoms with Gasteiger partial charge in [0.15, 0.2) is 0 Å². The fourth-order valence-electron chi connectivity index (χ4n) is 1.30. The van der Waals surface area contributed by atoms with Gasteiger partial charge in [-0.2, -0.15) is 0 Å². The van der Waals surface area contributed by atoms with Crippen molar-refractivity contribution < 1.29 is 4.79 Å². The van der Waals surface area contributed by atoms with Gasteiger partial charge in [-0.05, 0) is 26.0 Å². The minimum absolute atomic E-state index is 0.292. The third-order valence-corrected chi connectivity index (χ3v) is 3.38. The monoisotopic (exact) mass is 269 g/mol. The molecule has 6 heteroatoms. The Morgan fingerprint density at radius 1 is 1.53 bits per heavy atom. The number of carbonyl (C=O) groups is 1. The van der Waals surface area contributed by atoms with E-state index in [1.165, 1.54) is 11.3 Å². The summed E-state index contributed by atoms with van der Waals surface area (Å²) in [5, 5.41) is 3.19. The van der Waals surface area contributed by atoms with Crippen molar-refractivity contribution in [2.24, 2.45) is 5.73 Å². The zero-order chi connectivity index (χ0) is 12.6. The van der Waals surface area contributed by atoms with E-state index in [0.717, 1.165) is 4.70 Å². The Morgan fingerprint density at radius 3 is 2.88 bits per heavy atom. The largest absolute Gasteiger partial charge is 0.321 e. The van der Waals surface area contributed by atoms with Gasteiger partial charge < -0.3 is 11.1 Å². The summed E-state index contributed by atoms with van der Waals surface area (Å²) in [6.07, 6.45) is 0. The number of halogens is 1. The number of thiazole rings is 1. The van der Waals surface area contributed by atoms with Gasteiger partial charge in [-0.1, -0.05) is 11.6 Å². The van der Waals surface area contributed by atoms with Crippen LogP contribution in [0.25, 0.3) is 10.2 Å². The molecule has 90 valence electrons. The first kappa shape index (κ1) is 12.3. The molecule has 0 aliphatic rings. The van der Waals surface area contributed by atoms with E-state index in [2.05, 4.69) is 10.3 Å². The van der Waals surface area contributed by atoms with Gasteiger partial charge in [-0.15, -0.1) is 11.3 Å². The Hall–Kier alpha value is -1.17. The zero-order valence-electron chi connectivity index (χ0n) is 9.45. The van der Waals surface area contributed by atoms with E-state index in [4.69, 9.17) is 17.3 Å². The van der Waals surface area contributed by atoms with Crippen LogP contribution in [0.5, 0.6) is 0 Å². The van der Waals surface area contributed by atoms with E-state index >= 15 is 0 Å². The van der Waals surface area contributed by atoms with Gasteiger partial charge >= 0.3 is 0 Å². The highest BCUT2D eigenvalue weighted by atomic mass is 35.5. The molecule has 1 aromatic carbocycles. The average molecular weight is 270 g/mol. The lowest BCUT2D eigenvalue weighted by Gasteiger charge is -2.18. The quantitative estimate of drug-likeness (QED) is 0.881. The van der Waals surface area contributed by atoms with Crippen LogP contribution in [0.1, 0.15) is 13.8 Å². The lowest BCUT2D eigenvalue weighted by Crippen LogP contribution is -2.45. The van der Waals surface area contributed by atoms with Gasteiger partial charge in [0, 0.05) is 0 Å². The number of amides is 1. The van der Waals surface area contributed by atoms with Crippen LogP contribution in [-0.4, -0.2) is 16.4 Å². The predicted octanol–water partition coefficient (Wildman–Crippen LogP) is 2.63. The number of aromatic nitrogens is 1. The first-order valence-corrected chi connectivity index (χ1v) is 6.27. The maximum atomic E-state index is 11.8. The Morgan fingerprint density at radius 2 is 2.24 bits per heavy atom. The number of hydrogen-bond acceptors (Lipinski definition) is 4. The number of fused-ring (bicyclic) bond motifs is 1. The number of carbonyl (C=O) groups excluding carboxylic acids is 1. The maximum absolute atomic E-state index is 11.8.